The number of hydrogen-bond donors (Lipinski definition) is 7. The van der Waals surface area contributed by atoms with Crippen molar-refractivity contribution in [3.8, 4) is 5.75 Å². The summed E-state index contributed by atoms with van der Waals surface area (Å²) >= 11 is 0. The minimum atomic E-state index is -5.86. The Labute approximate surface area is 177 Å². The van der Waals surface area contributed by atoms with Crippen molar-refractivity contribution >= 4 is 23.5 Å². The second-order valence-corrected chi connectivity index (χ2v) is 10.4. The Balaban J connectivity index is 2.30. The van der Waals surface area contributed by atoms with Gasteiger partial charge in [-0.1, -0.05) is 0 Å². The van der Waals surface area contributed by atoms with E-state index in [0.29, 0.717) is 10.8 Å². The van der Waals surface area contributed by atoms with Gasteiger partial charge in [0.1, 0.15) is 18.3 Å². The third-order valence-corrected chi connectivity index (χ3v) is 7.42. The highest BCUT2D eigenvalue weighted by molar-refractivity contribution is 7.66. The summed E-state index contributed by atoms with van der Waals surface area (Å²) in [7, 11) is -17.3. The highest BCUT2D eigenvalue weighted by Crippen LogP contribution is 2.65. The van der Waals surface area contributed by atoms with Crippen molar-refractivity contribution in [3.63, 3.8) is 0 Å². The molecule has 1 fully saturated rings. The van der Waals surface area contributed by atoms with Gasteiger partial charge in [0.25, 0.3) is 5.56 Å². The molecule has 1 aliphatic heterocycles. The zero-order valence-electron chi connectivity index (χ0n) is 15.9. The van der Waals surface area contributed by atoms with Crippen LogP contribution in [0.4, 0.5) is 0 Å². The summed E-state index contributed by atoms with van der Waals surface area (Å²) in [6.45, 7) is 1.73. The van der Waals surface area contributed by atoms with Gasteiger partial charge in [0, 0.05) is 6.61 Å². The van der Waals surface area contributed by atoms with Gasteiger partial charge in [0.15, 0.2) is 6.23 Å². The van der Waals surface area contributed by atoms with Crippen molar-refractivity contribution in [3.05, 3.63) is 27.0 Å². The molecule has 1 aliphatic rings. The lowest BCUT2D eigenvalue weighted by Gasteiger charge is -2.19. The average Bonchev–Trinajstić information content (AvgIpc) is 2.87. The fourth-order valence-corrected chi connectivity index (χ4v) is 5.49. The summed E-state index contributed by atoms with van der Waals surface area (Å²) in [5.74, 6) is -1.18. The smallest absolute Gasteiger partial charge is 0.396 e. The van der Waals surface area contributed by atoms with Crippen LogP contribution >= 0.6 is 23.5 Å². The van der Waals surface area contributed by atoms with E-state index in [9.17, 15) is 38.4 Å². The monoisotopic (exact) mass is 528 g/mol. The zero-order chi connectivity index (χ0) is 24.5. The minimum absolute atomic E-state index is 0.169. The molecule has 1 aromatic rings. The van der Waals surface area contributed by atoms with Gasteiger partial charge in [-0.05, 0) is 6.92 Å². The predicted molar refractivity (Wildman–Crippen MR) is 98.2 cm³/mol. The van der Waals surface area contributed by atoms with E-state index in [1.54, 1.807) is 11.9 Å². The van der Waals surface area contributed by atoms with Gasteiger partial charge in [0.05, 0.1) is 12.8 Å². The maximum atomic E-state index is 12.1. The zero-order valence-corrected chi connectivity index (χ0v) is 18.5. The molecule has 184 valence electrons. The van der Waals surface area contributed by atoms with Gasteiger partial charge >= 0.3 is 29.2 Å². The van der Waals surface area contributed by atoms with Crippen molar-refractivity contribution in [2.45, 2.75) is 31.5 Å². The van der Waals surface area contributed by atoms with Crippen molar-refractivity contribution < 1.29 is 66.1 Å². The number of nitrogens with one attached hydrogen (secondary N) is 1. The first-order valence-corrected chi connectivity index (χ1v) is 12.9. The molecule has 2 rings (SSSR count). The lowest BCUT2D eigenvalue weighted by molar-refractivity contribution is -0.0670. The Morgan fingerprint density at radius 1 is 1.06 bits per heavy atom. The maximum absolute atomic E-state index is 12.1. The van der Waals surface area contributed by atoms with Gasteiger partial charge in [-0.3, -0.25) is 19.2 Å². The van der Waals surface area contributed by atoms with Crippen LogP contribution in [0, 0.1) is 0 Å². The van der Waals surface area contributed by atoms with E-state index in [4.69, 9.17) is 24.2 Å². The fraction of sp³-hybridized carbons (Fsp3) is 0.636. The van der Waals surface area contributed by atoms with E-state index >= 15 is 0 Å². The molecule has 0 bridgehead atoms. The number of ether oxygens (including phenoxy) is 2. The number of phosphoric ester groups is 1. The summed E-state index contributed by atoms with van der Waals surface area (Å²) in [5, 5.41) is 20.2. The van der Waals surface area contributed by atoms with Gasteiger partial charge in [-0.2, -0.15) is 8.62 Å². The van der Waals surface area contributed by atoms with Crippen molar-refractivity contribution in [2.24, 2.45) is 0 Å². The number of H-pyrrole nitrogens is 1. The molecule has 1 aromatic heterocycles. The van der Waals surface area contributed by atoms with E-state index in [0.717, 1.165) is 0 Å². The molecule has 32 heavy (non-hydrogen) atoms. The Morgan fingerprint density at radius 2 is 1.69 bits per heavy atom. The second kappa shape index (κ2) is 9.95. The standard InChI is InChI=1S/C11H19N2O16P3/c1-2-25-4-6-7(14)8(15)10(26-6)13-3-5(9(16)12-11(13)17)27-31(21,22)29-32(23,24)28-30(18,19)20/h3,6-8,10,14-15H,2,4H2,1H3,(H,21,22)(H,23,24)(H,12,16,17)(H2,18,19,20)/t6-,7-,8-,10-/m1/s1. The van der Waals surface area contributed by atoms with Crippen LogP contribution in [-0.4, -0.2) is 70.9 Å². The third kappa shape index (κ3) is 7.13. The quantitative estimate of drug-likeness (QED) is 0.160. The Bertz CT molecular complexity index is 1080. The number of nitrogens with zero attached hydrogens (tertiary/aromatic N) is 1. The lowest BCUT2D eigenvalue weighted by atomic mass is 10.1. The number of aliphatic hydroxyl groups excluding tert-OH is 2. The van der Waals surface area contributed by atoms with Gasteiger partial charge in [-0.15, -0.1) is 0 Å². The van der Waals surface area contributed by atoms with Gasteiger partial charge in [-0.25, -0.2) is 18.5 Å². The van der Waals surface area contributed by atoms with Gasteiger partial charge < -0.3 is 38.9 Å². The third-order valence-electron chi connectivity index (χ3n) is 3.66. The summed E-state index contributed by atoms with van der Waals surface area (Å²) in [6.07, 6.45) is -5.49. The Kier molecular flexibility index (Phi) is 8.40. The van der Waals surface area contributed by atoms with Crippen molar-refractivity contribution in [1.82, 2.24) is 9.55 Å². The molecule has 7 N–H and O–H groups in total. The first kappa shape index (κ1) is 27.0. The minimum Gasteiger partial charge on any atom is -0.396 e. The van der Waals surface area contributed by atoms with Crippen molar-refractivity contribution in [1.29, 1.82) is 0 Å². The summed E-state index contributed by atoms with van der Waals surface area (Å²) in [6, 6.07) is 0. The van der Waals surface area contributed by atoms with Gasteiger partial charge in [0.2, 0.25) is 5.75 Å². The SMILES string of the molecule is CCOC[C@H]1O[C@@H](n2cc(OP(=O)(O)OP(=O)(O)OP(=O)(O)O)c(=O)[nH]c2=O)[C@H](O)[C@@H]1O. The van der Waals surface area contributed by atoms with Crippen LogP contribution in [0.2, 0.25) is 0 Å². The van der Waals surface area contributed by atoms with Crippen LogP contribution in [-0.2, 0) is 31.8 Å². The summed E-state index contributed by atoms with van der Waals surface area (Å²) in [4.78, 5) is 61.3. The number of hydrogen-bond acceptors (Lipinski definition) is 12. The number of aromatic nitrogens is 2. The molecule has 0 aromatic carbocycles. The highest BCUT2D eigenvalue weighted by Gasteiger charge is 2.45. The van der Waals surface area contributed by atoms with Crippen LogP contribution in [0.1, 0.15) is 13.2 Å². The molecule has 1 saturated heterocycles. The van der Waals surface area contributed by atoms with Crippen LogP contribution in [0.5, 0.6) is 5.75 Å². The van der Waals surface area contributed by atoms with E-state index in [-0.39, 0.29) is 13.2 Å². The molecule has 0 amide bonds. The average molecular weight is 528 g/mol. The Morgan fingerprint density at radius 3 is 2.25 bits per heavy atom. The molecule has 0 radical (unpaired) electrons. The Hall–Kier alpha value is -1.23. The normalized spacial score (nSPS) is 27.6. The summed E-state index contributed by atoms with van der Waals surface area (Å²) < 4.78 is 56.1. The predicted octanol–water partition coefficient (Wildman–Crippen LogP) is -2.10. The number of aliphatic hydroxyl groups is 2. The van der Waals surface area contributed by atoms with Crippen molar-refractivity contribution in [2.75, 3.05) is 13.2 Å². The maximum Gasteiger partial charge on any atom is 0.536 e. The van der Waals surface area contributed by atoms with Crippen LogP contribution in [0.15, 0.2) is 15.8 Å². The molecule has 2 unspecified atom stereocenters. The lowest BCUT2D eigenvalue weighted by Crippen LogP contribution is -2.38. The van der Waals surface area contributed by atoms with E-state index in [1.165, 1.54) is 0 Å². The molecule has 0 aliphatic carbocycles. The largest absolute Gasteiger partial charge is 0.536 e. The molecule has 0 saturated carbocycles. The first-order chi connectivity index (χ1) is 14.6. The van der Waals surface area contributed by atoms with Crippen LogP contribution in [0.25, 0.3) is 0 Å². The number of rotatable bonds is 10. The molecule has 6 atom stereocenters. The molecule has 2 heterocycles. The highest BCUT2D eigenvalue weighted by atomic mass is 31.3. The fourth-order valence-electron chi connectivity index (χ4n) is 2.47. The topological polar surface area (TPSA) is 274 Å². The molecular weight excluding hydrogens is 509 g/mol. The summed E-state index contributed by atoms with van der Waals surface area (Å²) in [5.41, 5.74) is -2.64. The van der Waals surface area contributed by atoms with E-state index < -0.39 is 65.0 Å². The van der Waals surface area contributed by atoms with E-state index in [1.807, 2.05) is 0 Å². The van der Waals surface area contributed by atoms with Crippen LogP contribution < -0.4 is 15.8 Å². The second-order valence-electron chi connectivity index (χ2n) is 6.05. The van der Waals surface area contributed by atoms with Crippen LogP contribution in [0.3, 0.4) is 0 Å². The molecule has 18 nitrogen and oxygen atoms in total. The first-order valence-electron chi connectivity index (χ1n) is 8.33. The molecule has 0 spiro atoms. The number of phosphoric acid groups is 3. The molecule has 21 heteroatoms. The number of aromatic amines is 1. The molecular formula is C11H19N2O16P3. The van der Waals surface area contributed by atoms with E-state index in [2.05, 4.69) is 13.1 Å².